The molecule has 4 rings (SSSR count). The summed E-state index contributed by atoms with van der Waals surface area (Å²) in [5, 5.41) is 0.307. The van der Waals surface area contributed by atoms with Crippen LogP contribution >= 0.6 is 58.0 Å². The van der Waals surface area contributed by atoms with E-state index in [1.165, 1.54) is 0 Å². The average Bonchev–Trinajstić information content (AvgIpc) is 2.67. The Hall–Kier alpha value is -1.000. The molecule has 2 unspecified atom stereocenters. The lowest BCUT2D eigenvalue weighted by Gasteiger charge is -2.56. The Kier molecular flexibility index (Phi) is 5.09. The summed E-state index contributed by atoms with van der Waals surface area (Å²) in [5.74, 6) is -0.951. The van der Waals surface area contributed by atoms with Gasteiger partial charge in [0.25, 0.3) is 0 Å². The highest BCUT2D eigenvalue weighted by molar-refractivity contribution is 6.61. The standard InChI is InChI=1S/C20H11Cl5O2/c21-12-8-6-10(7-9-12)13-17(11-4-2-1-3-5-11)27-20(13)18(24)14(22)16(26)15(23)19(20)25/h1-9,13,17H. The number of hydrogen-bond acceptors (Lipinski definition) is 2. The van der Waals surface area contributed by atoms with Gasteiger partial charge in [-0.3, -0.25) is 4.79 Å². The number of carbonyl (C=O) groups excluding carboxylic acids is 1. The zero-order chi connectivity index (χ0) is 19.3. The molecule has 0 radical (unpaired) electrons. The van der Waals surface area contributed by atoms with Crippen molar-refractivity contribution in [2.75, 3.05) is 0 Å². The molecule has 1 aliphatic heterocycles. The minimum atomic E-state index is -1.31. The lowest BCUT2D eigenvalue weighted by atomic mass is 9.68. The second-order valence-electron chi connectivity index (χ2n) is 6.30. The summed E-state index contributed by atoms with van der Waals surface area (Å²) in [5.41, 5.74) is 0.528. The van der Waals surface area contributed by atoms with E-state index in [-0.39, 0.29) is 32.2 Å². The highest BCUT2D eigenvalue weighted by atomic mass is 35.5. The molecule has 7 heteroatoms. The SMILES string of the molecule is O=C1C(Cl)=C(Cl)C2(OC(c3ccccc3)C2c2ccc(Cl)cc2)C(Cl)=C1Cl. The molecule has 0 saturated carbocycles. The maximum absolute atomic E-state index is 12.2. The summed E-state index contributed by atoms with van der Waals surface area (Å²) < 4.78 is 6.23. The second-order valence-corrected chi connectivity index (χ2v) is 8.25. The molecule has 0 N–H and O–H groups in total. The highest BCUT2D eigenvalue weighted by Crippen LogP contribution is 2.65. The zero-order valence-electron chi connectivity index (χ0n) is 13.6. The van der Waals surface area contributed by atoms with Crippen LogP contribution < -0.4 is 0 Å². The molecule has 2 nitrogen and oxygen atoms in total. The Morgan fingerprint density at radius 2 is 1.30 bits per heavy atom. The van der Waals surface area contributed by atoms with E-state index in [0.717, 1.165) is 11.1 Å². The maximum Gasteiger partial charge on any atom is 0.218 e. The average molecular weight is 461 g/mol. The molecule has 0 bridgehead atoms. The van der Waals surface area contributed by atoms with Crippen LogP contribution in [0.15, 0.2) is 74.7 Å². The summed E-state index contributed by atoms with van der Waals surface area (Å²) in [6.45, 7) is 0. The summed E-state index contributed by atoms with van der Waals surface area (Å²) in [4.78, 5) is 12.2. The molecule has 138 valence electrons. The molecule has 0 aromatic heterocycles. The molecule has 2 aromatic rings. The van der Waals surface area contributed by atoms with Crippen molar-refractivity contribution in [2.24, 2.45) is 0 Å². The summed E-state index contributed by atoms with van der Waals surface area (Å²) >= 11 is 31.4. The van der Waals surface area contributed by atoms with Crippen LogP contribution in [0.4, 0.5) is 0 Å². The van der Waals surface area contributed by atoms with Crippen LogP contribution in [0.3, 0.4) is 0 Å². The first-order valence-corrected chi connectivity index (χ1v) is 9.91. The number of allylic oxidation sites excluding steroid dienone is 2. The van der Waals surface area contributed by atoms with Crippen molar-refractivity contribution in [3.63, 3.8) is 0 Å². The molecular weight excluding hydrogens is 449 g/mol. The largest absolute Gasteiger partial charge is 0.354 e. The minimum Gasteiger partial charge on any atom is -0.354 e. The van der Waals surface area contributed by atoms with Crippen LogP contribution in [0, 0.1) is 0 Å². The zero-order valence-corrected chi connectivity index (χ0v) is 17.3. The first kappa shape index (κ1) is 19.3. The first-order chi connectivity index (χ1) is 12.9. The second kappa shape index (κ2) is 7.11. The molecule has 1 aliphatic carbocycles. The van der Waals surface area contributed by atoms with Gasteiger partial charge in [0.2, 0.25) is 5.78 Å². The predicted molar refractivity (Wildman–Crippen MR) is 110 cm³/mol. The van der Waals surface area contributed by atoms with E-state index < -0.39 is 11.4 Å². The van der Waals surface area contributed by atoms with Crippen molar-refractivity contribution >= 4 is 63.8 Å². The molecule has 2 aromatic carbocycles. The van der Waals surface area contributed by atoms with Gasteiger partial charge in [-0.25, -0.2) is 0 Å². The summed E-state index contributed by atoms with van der Waals surface area (Å²) in [6.07, 6.45) is -0.350. The van der Waals surface area contributed by atoms with Gasteiger partial charge >= 0.3 is 0 Å². The quantitative estimate of drug-likeness (QED) is 0.488. The lowest BCUT2D eigenvalue weighted by Crippen LogP contribution is -2.56. The van der Waals surface area contributed by atoms with Gasteiger partial charge in [-0.1, -0.05) is 100 Å². The molecule has 2 aliphatic rings. The fourth-order valence-electron chi connectivity index (χ4n) is 3.56. The Balaban J connectivity index is 1.91. The fraction of sp³-hybridized carbons (Fsp3) is 0.150. The first-order valence-electron chi connectivity index (χ1n) is 8.02. The van der Waals surface area contributed by atoms with Crippen molar-refractivity contribution in [2.45, 2.75) is 17.6 Å². The van der Waals surface area contributed by atoms with Gasteiger partial charge in [0.1, 0.15) is 10.1 Å². The van der Waals surface area contributed by atoms with E-state index in [1.54, 1.807) is 12.1 Å². The number of carbonyl (C=O) groups is 1. The Morgan fingerprint density at radius 1 is 0.741 bits per heavy atom. The van der Waals surface area contributed by atoms with Gasteiger partial charge in [0.05, 0.1) is 22.1 Å². The molecule has 1 heterocycles. The van der Waals surface area contributed by atoms with Crippen LogP contribution in [-0.4, -0.2) is 11.4 Å². The molecule has 0 amide bonds. The number of halogens is 5. The molecule has 1 spiro atoms. The third-order valence-corrected chi connectivity index (χ3v) is 6.95. The van der Waals surface area contributed by atoms with Gasteiger partial charge in [0, 0.05) is 5.02 Å². The van der Waals surface area contributed by atoms with E-state index in [4.69, 9.17) is 62.7 Å². The number of Topliss-reactive ketones (excluding diaryl/α,β-unsaturated/α-hetero) is 1. The molecule has 1 fully saturated rings. The number of ketones is 1. The van der Waals surface area contributed by atoms with E-state index in [2.05, 4.69) is 0 Å². The molecule has 2 atom stereocenters. The van der Waals surface area contributed by atoms with Crippen molar-refractivity contribution in [3.8, 4) is 0 Å². The number of benzene rings is 2. The van der Waals surface area contributed by atoms with Gasteiger partial charge in [-0.2, -0.15) is 0 Å². The van der Waals surface area contributed by atoms with Gasteiger partial charge in [-0.15, -0.1) is 0 Å². The molecular formula is C20H11Cl5O2. The maximum atomic E-state index is 12.2. The van der Waals surface area contributed by atoms with Crippen molar-refractivity contribution in [3.05, 3.63) is 90.9 Å². The number of hydrogen-bond donors (Lipinski definition) is 0. The van der Waals surface area contributed by atoms with E-state index in [1.807, 2.05) is 42.5 Å². The van der Waals surface area contributed by atoms with Gasteiger partial charge < -0.3 is 4.74 Å². The van der Waals surface area contributed by atoms with Crippen molar-refractivity contribution in [1.29, 1.82) is 0 Å². The van der Waals surface area contributed by atoms with E-state index in [0.29, 0.717) is 5.02 Å². The molecule has 1 saturated heterocycles. The van der Waals surface area contributed by atoms with E-state index >= 15 is 0 Å². The number of rotatable bonds is 2. The van der Waals surface area contributed by atoms with E-state index in [9.17, 15) is 4.79 Å². The monoisotopic (exact) mass is 458 g/mol. The van der Waals surface area contributed by atoms with Gasteiger partial charge in [0.15, 0.2) is 5.60 Å². The molecule has 27 heavy (non-hydrogen) atoms. The normalized spacial score (nSPS) is 24.4. The number of ether oxygens (including phenoxy) is 1. The third-order valence-electron chi connectivity index (χ3n) is 4.85. The van der Waals surface area contributed by atoms with Crippen molar-refractivity contribution < 1.29 is 9.53 Å². The van der Waals surface area contributed by atoms with Crippen LogP contribution in [0.25, 0.3) is 0 Å². The van der Waals surface area contributed by atoms with Gasteiger partial charge in [-0.05, 0) is 23.3 Å². The van der Waals surface area contributed by atoms with Crippen LogP contribution in [0.5, 0.6) is 0 Å². The Bertz CT molecular complexity index is 951. The predicted octanol–water partition coefficient (Wildman–Crippen LogP) is 6.90. The topological polar surface area (TPSA) is 26.3 Å². The van der Waals surface area contributed by atoms with Crippen LogP contribution in [-0.2, 0) is 9.53 Å². The smallest absolute Gasteiger partial charge is 0.218 e. The van der Waals surface area contributed by atoms with Crippen LogP contribution in [0.2, 0.25) is 5.02 Å². The summed E-state index contributed by atoms with van der Waals surface area (Å²) in [7, 11) is 0. The highest BCUT2D eigenvalue weighted by Gasteiger charge is 2.64. The lowest BCUT2D eigenvalue weighted by molar-refractivity contribution is -0.183. The minimum absolute atomic E-state index is 0.0377. The van der Waals surface area contributed by atoms with Crippen LogP contribution in [0.1, 0.15) is 23.1 Å². The van der Waals surface area contributed by atoms with Crippen molar-refractivity contribution in [1.82, 2.24) is 0 Å². The Morgan fingerprint density at radius 3 is 1.85 bits per heavy atom. The third kappa shape index (κ3) is 2.86. The Labute approximate surface area is 181 Å². The fourth-order valence-corrected chi connectivity index (χ4v) is 4.94. The summed E-state index contributed by atoms with van der Waals surface area (Å²) in [6, 6.07) is 17.0.